The van der Waals surface area contributed by atoms with Crippen LogP contribution in [-0.4, -0.2) is 56.0 Å². The molecule has 0 aromatic rings. The molecule has 2 spiro atoms. The number of hydrogen-bond acceptors (Lipinski definition) is 6. The number of aldehydes is 1. The zero-order valence-corrected chi connectivity index (χ0v) is 17.3. The van der Waals surface area contributed by atoms with E-state index in [-0.39, 0.29) is 23.9 Å². The summed E-state index contributed by atoms with van der Waals surface area (Å²) in [5.74, 6) is -1.01. The van der Waals surface area contributed by atoms with Crippen molar-refractivity contribution in [3.8, 4) is 0 Å². The van der Waals surface area contributed by atoms with E-state index in [1.54, 1.807) is 0 Å². The van der Waals surface area contributed by atoms with E-state index < -0.39 is 17.0 Å². The van der Waals surface area contributed by atoms with Crippen molar-refractivity contribution < 1.29 is 28.8 Å². The Morgan fingerprint density at radius 3 is 1.67 bits per heavy atom. The first-order valence-electron chi connectivity index (χ1n) is 10.5. The van der Waals surface area contributed by atoms with Crippen LogP contribution in [0.5, 0.6) is 0 Å². The third-order valence-corrected chi connectivity index (χ3v) is 7.20. The molecule has 156 valence electrons. The van der Waals surface area contributed by atoms with Gasteiger partial charge in [0.1, 0.15) is 6.29 Å². The fraction of sp³-hybridized carbons (Fsp3) is 0.952. The number of carbonyl (C=O) groups is 1. The van der Waals surface area contributed by atoms with E-state index in [2.05, 4.69) is 20.8 Å². The van der Waals surface area contributed by atoms with Crippen molar-refractivity contribution in [1.82, 2.24) is 0 Å². The van der Waals surface area contributed by atoms with Crippen LogP contribution in [0.3, 0.4) is 0 Å². The molecule has 2 aliphatic heterocycles. The summed E-state index contributed by atoms with van der Waals surface area (Å²) in [5.41, 5.74) is -0.871. The Morgan fingerprint density at radius 1 is 0.889 bits per heavy atom. The molecule has 6 heteroatoms. The van der Waals surface area contributed by atoms with E-state index in [1.165, 1.54) is 0 Å². The third-order valence-electron chi connectivity index (χ3n) is 7.20. The molecule has 2 unspecified atom stereocenters. The molecular weight excluding hydrogens is 348 g/mol. The van der Waals surface area contributed by atoms with Crippen LogP contribution in [0.25, 0.3) is 0 Å². The molecule has 0 radical (unpaired) electrons. The van der Waals surface area contributed by atoms with E-state index in [1.807, 2.05) is 6.92 Å². The second-order valence-electron chi connectivity index (χ2n) is 9.18. The summed E-state index contributed by atoms with van der Waals surface area (Å²) in [6, 6.07) is 0. The second-order valence-corrected chi connectivity index (χ2v) is 9.18. The summed E-state index contributed by atoms with van der Waals surface area (Å²) >= 11 is 0. The van der Waals surface area contributed by atoms with Crippen molar-refractivity contribution in [1.29, 1.82) is 0 Å². The van der Waals surface area contributed by atoms with Crippen molar-refractivity contribution >= 4 is 6.29 Å². The normalized spacial score (nSPS) is 48.0. The third kappa shape index (κ3) is 3.60. The van der Waals surface area contributed by atoms with Gasteiger partial charge >= 0.3 is 0 Å². The fourth-order valence-electron chi connectivity index (χ4n) is 4.72. The Balaban J connectivity index is 1.79. The first-order chi connectivity index (χ1) is 12.8. The summed E-state index contributed by atoms with van der Waals surface area (Å²) in [6.45, 7) is 10.1. The van der Waals surface area contributed by atoms with Crippen LogP contribution < -0.4 is 0 Å². The molecule has 1 aliphatic carbocycles. The molecule has 3 aliphatic rings. The highest BCUT2D eigenvalue weighted by Crippen LogP contribution is 2.54. The SMILES string of the molecule is CCC1CC2(OCC(CC)(CO)CO2)C(CC)CC12OCC(C)(C=O)CO2. The lowest BCUT2D eigenvalue weighted by molar-refractivity contribution is -0.402. The minimum atomic E-state index is -0.661. The molecule has 1 N–H and O–H groups in total. The first kappa shape index (κ1) is 21.2. The van der Waals surface area contributed by atoms with E-state index in [0.717, 1.165) is 25.5 Å². The highest BCUT2D eigenvalue weighted by molar-refractivity contribution is 5.59. The zero-order chi connectivity index (χ0) is 19.8. The van der Waals surface area contributed by atoms with Crippen molar-refractivity contribution in [3.05, 3.63) is 0 Å². The Hall–Kier alpha value is -0.530. The second kappa shape index (κ2) is 7.71. The molecule has 2 saturated heterocycles. The standard InChI is InChI=1S/C21H36O6/c1-5-16-9-21(26-14-19(7-3,11-23)15-27-21)17(6-2)8-20(16)24-12-18(4,10-22)13-25-20/h10,16-17,23H,5-9,11-15H2,1-4H3. The number of carbonyl (C=O) groups excluding carboxylic acids is 1. The van der Waals surface area contributed by atoms with Crippen molar-refractivity contribution in [3.63, 3.8) is 0 Å². The van der Waals surface area contributed by atoms with Crippen molar-refractivity contribution in [2.75, 3.05) is 33.0 Å². The quantitative estimate of drug-likeness (QED) is 0.735. The van der Waals surface area contributed by atoms with Crippen LogP contribution in [0.2, 0.25) is 0 Å². The van der Waals surface area contributed by atoms with Gasteiger partial charge in [0.15, 0.2) is 11.6 Å². The van der Waals surface area contributed by atoms with Crippen molar-refractivity contribution in [2.45, 2.75) is 71.4 Å². The highest BCUT2D eigenvalue weighted by atomic mass is 16.7. The summed E-state index contributed by atoms with van der Waals surface area (Å²) in [5, 5.41) is 9.79. The Labute approximate surface area is 162 Å². The van der Waals surface area contributed by atoms with E-state index in [4.69, 9.17) is 18.9 Å². The molecule has 2 atom stereocenters. The van der Waals surface area contributed by atoms with Crippen molar-refractivity contribution in [2.24, 2.45) is 22.7 Å². The summed E-state index contributed by atoms with van der Waals surface area (Å²) in [7, 11) is 0. The Kier molecular flexibility index (Phi) is 6.05. The number of rotatable bonds is 5. The van der Waals surface area contributed by atoms with Gasteiger partial charge in [-0.05, 0) is 26.2 Å². The molecule has 0 bridgehead atoms. The monoisotopic (exact) mass is 384 g/mol. The topological polar surface area (TPSA) is 74.2 Å². The number of aliphatic hydroxyl groups excluding tert-OH is 1. The molecule has 3 rings (SSSR count). The van der Waals surface area contributed by atoms with Crippen LogP contribution in [0.1, 0.15) is 59.8 Å². The summed E-state index contributed by atoms with van der Waals surface area (Å²) in [6.07, 6.45) is 4.97. The van der Waals surface area contributed by atoms with Gasteiger partial charge < -0.3 is 28.8 Å². The molecule has 1 saturated carbocycles. The minimum Gasteiger partial charge on any atom is -0.396 e. The largest absolute Gasteiger partial charge is 0.396 e. The molecule has 0 aromatic heterocycles. The predicted molar refractivity (Wildman–Crippen MR) is 100 cm³/mol. The maximum Gasteiger partial charge on any atom is 0.171 e. The average Bonchev–Trinajstić information content (AvgIpc) is 2.72. The maximum atomic E-state index is 11.4. The fourth-order valence-corrected chi connectivity index (χ4v) is 4.72. The molecule has 27 heavy (non-hydrogen) atoms. The Bertz CT molecular complexity index is 511. The molecular formula is C21H36O6. The lowest BCUT2D eigenvalue weighted by Crippen LogP contribution is -2.64. The average molecular weight is 385 g/mol. The van der Waals surface area contributed by atoms with Gasteiger partial charge in [-0.25, -0.2) is 0 Å². The van der Waals surface area contributed by atoms with Crippen LogP contribution in [0.15, 0.2) is 0 Å². The number of ether oxygens (including phenoxy) is 4. The van der Waals surface area contributed by atoms with Crippen LogP contribution in [-0.2, 0) is 23.7 Å². The lowest BCUT2D eigenvalue weighted by Gasteiger charge is -2.58. The van der Waals surface area contributed by atoms with Crippen LogP contribution in [0.4, 0.5) is 0 Å². The molecule has 0 aromatic carbocycles. The molecule has 2 heterocycles. The highest BCUT2D eigenvalue weighted by Gasteiger charge is 2.60. The first-order valence-corrected chi connectivity index (χ1v) is 10.5. The molecule has 3 fully saturated rings. The zero-order valence-electron chi connectivity index (χ0n) is 17.3. The lowest BCUT2D eigenvalue weighted by atomic mass is 9.69. The van der Waals surface area contributed by atoms with Crippen LogP contribution >= 0.6 is 0 Å². The van der Waals surface area contributed by atoms with Gasteiger partial charge in [-0.1, -0.05) is 20.8 Å². The van der Waals surface area contributed by atoms with Gasteiger partial charge in [-0.2, -0.15) is 0 Å². The van der Waals surface area contributed by atoms with Gasteiger partial charge in [0, 0.05) is 30.1 Å². The molecule has 0 amide bonds. The van der Waals surface area contributed by atoms with E-state index in [9.17, 15) is 9.90 Å². The van der Waals surface area contributed by atoms with Crippen LogP contribution in [0, 0.1) is 22.7 Å². The predicted octanol–water partition coefficient (Wildman–Crippen LogP) is 2.91. The maximum absolute atomic E-state index is 11.4. The number of hydrogen-bond donors (Lipinski definition) is 1. The summed E-state index contributed by atoms with van der Waals surface area (Å²) in [4.78, 5) is 11.4. The smallest absolute Gasteiger partial charge is 0.171 e. The summed E-state index contributed by atoms with van der Waals surface area (Å²) < 4.78 is 25.3. The van der Waals surface area contributed by atoms with Gasteiger partial charge in [-0.3, -0.25) is 0 Å². The van der Waals surface area contributed by atoms with E-state index in [0.29, 0.717) is 39.3 Å². The molecule has 6 nitrogen and oxygen atoms in total. The van der Waals surface area contributed by atoms with Gasteiger partial charge in [0.25, 0.3) is 0 Å². The van der Waals surface area contributed by atoms with Gasteiger partial charge in [0.05, 0.1) is 38.4 Å². The van der Waals surface area contributed by atoms with E-state index >= 15 is 0 Å². The van der Waals surface area contributed by atoms with Gasteiger partial charge in [-0.15, -0.1) is 0 Å². The Morgan fingerprint density at radius 2 is 1.33 bits per heavy atom. The number of aliphatic hydroxyl groups is 1. The minimum absolute atomic E-state index is 0.0774. The van der Waals surface area contributed by atoms with Gasteiger partial charge in [0.2, 0.25) is 0 Å².